The van der Waals surface area contributed by atoms with Crippen molar-refractivity contribution in [2.45, 2.75) is 12.8 Å². The van der Waals surface area contributed by atoms with Gasteiger partial charge in [-0.15, -0.1) is 0 Å². The SMILES string of the molecule is O=C([C@H]1CCCN(c2nc3ccccc3o2)C1)N1CCOCC1. The van der Waals surface area contributed by atoms with Crippen molar-refractivity contribution >= 4 is 23.0 Å². The molecule has 4 rings (SSSR count). The highest BCUT2D eigenvalue weighted by molar-refractivity contribution is 5.80. The maximum atomic E-state index is 12.7. The first kappa shape index (κ1) is 14.5. The molecule has 6 heteroatoms. The molecule has 0 saturated carbocycles. The first-order valence-electron chi connectivity index (χ1n) is 8.28. The summed E-state index contributed by atoms with van der Waals surface area (Å²) in [5.74, 6) is 0.269. The third-order valence-corrected chi connectivity index (χ3v) is 4.65. The summed E-state index contributed by atoms with van der Waals surface area (Å²) in [6.45, 7) is 4.28. The fourth-order valence-corrected chi connectivity index (χ4v) is 3.39. The van der Waals surface area contributed by atoms with Crippen LogP contribution in [0, 0.1) is 5.92 Å². The maximum Gasteiger partial charge on any atom is 0.298 e. The van der Waals surface area contributed by atoms with Crippen molar-refractivity contribution in [3.63, 3.8) is 0 Å². The second-order valence-corrected chi connectivity index (χ2v) is 6.19. The molecule has 2 aliphatic rings. The second-order valence-electron chi connectivity index (χ2n) is 6.19. The van der Waals surface area contributed by atoms with Gasteiger partial charge in [0.1, 0.15) is 5.52 Å². The molecule has 2 aliphatic heterocycles. The minimum Gasteiger partial charge on any atom is -0.423 e. The number of anilines is 1. The molecule has 0 spiro atoms. The molecule has 0 bridgehead atoms. The van der Waals surface area contributed by atoms with Crippen LogP contribution in [0.4, 0.5) is 6.01 Å². The lowest BCUT2D eigenvalue weighted by Crippen LogP contribution is -2.48. The van der Waals surface area contributed by atoms with Crippen molar-refractivity contribution < 1.29 is 13.9 Å². The Hall–Kier alpha value is -2.08. The zero-order valence-corrected chi connectivity index (χ0v) is 13.1. The van der Waals surface area contributed by atoms with Gasteiger partial charge in [-0.25, -0.2) is 0 Å². The Bertz CT molecular complexity index is 660. The molecular weight excluding hydrogens is 294 g/mol. The molecule has 1 amide bonds. The molecule has 0 unspecified atom stereocenters. The molecule has 122 valence electrons. The number of carbonyl (C=O) groups excluding carboxylic acids is 1. The minimum atomic E-state index is 0.0249. The van der Waals surface area contributed by atoms with Crippen LogP contribution in [0.5, 0.6) is 0 Å². The van der Waals surface area contributed by atoms with Crippen molar-refractivity contribution in [1.29, 1.82) is 0 Å². The average molecular weight is 315 g/mol. The number of rotatable bonds is 2. The van der Waals surface area contributed by atoms with Crippen molar-refractivity contribution in [3.8, 4) is 0 Å². The predicted molar refractivity (Wildman–Crippen MR) is 86.3 cm³/mol. The van der Waals surface area contributed by atoms with E-state index in [0.29, 0.717) is 38.9 Å². The van der Waals surface area contributed by atoms with E-state index < -0.39 is 0 Å². The number of para-hydroxylation sites is 2. The Kier molecular flexibility index (Phi) is 3.91. The van der Waals surface area contributed by atoms with Crippen LogP contribution >= 0.6 is 0 Å². The van der Waals surface area contributed by atoms with Gasteiger partial charge < -0.3 is 19.0 Å². The predicted octanol–water partition coefficient (Wildman–Crippen LogP) is 1.90. The van der Waals surface area contributed by atoms with E-state index >= 15 is 0 Å². The molecule has 1 atom stereocenters. The van der Waals surface area contributed by atoms with E-state index in [0.717, 1.165) is 30.5 Å². The second kappa shape index (κ2) is 6.20. The van der Waals surface area contributed by atoms with E-state index in [1.807, 2.05) is 29.2 Å². The molecule has 1 aromatic heterocycles. The number of aromatic nitrogens is 1. The van der Waals surface area contributed by atoms with Gasteiger partial charge in [0.15, 0.2) is 5.58 Å². The van der Waals surface area contributed by atoms with Crippen LogP contribution in [0.3, 0.4) is 0 Å². The topological polar surface area (TPSA) is 58.8 Å². The molecular formula is C17H21N3O3. The Morgan fingerprint density at radius 3 is 2.83 bits per heavy atom. The quantitative estimate of drug-likeness (QED) is 0.847. The molecule has 6 nitrogen and oxygen atoms in total. The molecule has 2 fully saturated rings. The number of nitrogens with zero attached hydrogens (tertiary/aromatic N) is 3. The molecule has 2 saturated heterocycles. The van der Waals surface area contributed by atoms with Crippen molar-refractivity contribution in [2.75, 3.05) is 44.3 Å². The normalized spacial score (nSPS) is 22.5. The van der Waals surface area contributed by atoms with Crippen molar-refractivity contribution in [3.05, 3.63) is 24.3 Å². The first-order chi connectivity index (χ1) is 11.3. The maximum absolute atomic E-state index is 12.7. The highest BCUT2D eigenvalue weighted by Gasteiger charge is 2.31. The number of morpholine rings is 1. The van der Waals surface area contributed by atoms with Gasteiger partial charge in [0, 0.05) is 26.2 Å². The Labute approximate surface area is 135 Å². The summed E-state index contributed by atoms with van der Waals surface area (Å²) in [6, 6.07) is 8.40. The number of hydrogen-bond acceptors (Lipinski definition) is 5. The molecule has 3 heterocycles. The van der Waals surface area contributed by atoms with E-state index in [1.54, 1.807) is 0 Å². The van der Waals surface area contributed by atoms with Crippen LogP contribution in [0.25, 0.3) is 11.1 Å². The lowest BCUT2D eigenvalue weighted by molar-refractivity contribution is -0.139. The monoisotopic (exact) mass is 315 g/mol. The molecule has 23 heavy (non-hydrogen) atoms. The number of amides is 1. The standard InChI is InChI=1S/C17H21N3O3/c21-16(19-8-10-22-11-9-19)13-4-3-7-20(12-13)17-18-14-5-1-2-6-15(14)23-17/h1-2,5-6,13H,3-4,7-12H2/t13-/m0/s1. The van der Waals surface area contributed by atoms with Gasteiger partial charge >= 0.3 is 0 Å². The summed E-state index contributed by atoms with van der Waals surface area (Å²) in [7, 11) is 0. The molecule has 2 aromatic rings. The van der Waals surface area contributed by atoms with Gasteiger partial charge in [0.05, 0.1) is 19.1 Å². The molecule has 0 radical (unpaired) electrons. The van der Waals surface area contributed by atoms with Gasteiger partial charge in [-0.05, 0) is 25.0 Å². The van der Waals surface area contributed by atoms with Gasteiger partial charge in [0.25, 0.3) is 6.01 Å². The number of benzene rings is 1. The smallest absolute Gasteiger partial charge is 0.298 e. The third kappa shape index (κ3) is 2.91. The summed E-state index contributed by atoms with van der Waals surface area (Å²) < 4.78 is 11.2. The lowest BCUT2D eigenvalue weighted by atomic mass is 9.96. The number of oxazole rings is 1. The molecule has 0 aliphatic carbocycles. The summed E-state index contributed by atoms with van der Waals surface area (Å²) >= 11 is 0. The molecule has 0 N–H and O–H groups in total. The van der Waals surface area contributed by atoms with Crippen LogP contribution in [-0.4, -0.2) is 55.2 Å². The van der Waals surface area contributed by atoms with Gasteiger partial charge in [-0.2, -0.15) is 4.98 Å². The van der Waals surface area contributed by atoms with Crippen LogP contribution < -0.4 is 4.90 Å². The van der Waals surface area contributed by atoms with Crippen molar-refractivity contribution in [1.82, 2.24) is 9.88 Å². The summed E-state index contributed by atoms with van der Waals surface area (Å²) in [5, 5.41) is 0. The summed E-state index contributed by atoms with van der Waals surface area (Å²) in [4.78, 5) is 21.3. The minimum absolute atomic E-state index is 0.0249. The Morgan fingerprint density at radius 1 is 1.17 bits per heavy atom. The van der Waals surface area contributed by atoms with Gasteiger partial charge in [-0.1, -0.05) is 12.1 Å². The third-order valence-electron chi connectivity index (χ3n) is 4.65. The van der Waals surface area contributed by atoms with E-state index in [9.17, 15) is 4.79 Å². The number of ether oxygens (including phenoxy) is 1. The van der Waals surface area contributed by atoms with Crippen LogP contribution in [0.2, 0.25) is 0 Å². The van der Waals surface area contributed by atoms with E-state index in [4.69, 9.17) is 9.15 Å². The number of hydrogen-bond donors (Lipinski definition) is 0. The van der Waals surface area contributed by atoms with Crippen molar-refractivity contribution in [2.24, 2.45) is 5.92 Å². The summed E-state index contributed by atoms with van der Waals surface area (Å²) in [6.07, 6.45) is 1.92. The Morgan fingerprint density at radius 2 is 2.00 bits per heavy atom. The fraction of sp³-hybridized carbons (Fsp3) is 0.529. The Balaban J connectivity index is 1.48. The van der Waals surface area contributed by atoms with Crippen LogP contribution in [0.1, 0.15) is 12.8 Å². The fourth-order valence-electron chi connectivity index (χ4n) is 3.39. The number of piperidine rings is 1. The zero-order valence-electron chi connectivity index (χ0n) is 13.1. The van der Waals surface area contributed by atoms with Crippen LogP contribution in [-0.2, 0) is 9.53 Å². The average Bonchev–Trinajstić information content (AvgIpc) is 3.06. The van der Waals surface area contributed by atoms with Crippen LogP contribution in [0.15, 0.2) is 28.7 Å². The van der Waals surface area contributed by atoms with E-state index in [1.165, 1.54) is 0 Å². The molecule has 1 aromatic carbocycles. The van der Waals surface area contributed by atoms with Gasteiger partial charge in [-0.3, -0.25) is 4.79 Å². The highest BCUT2D eigenvalue weighted by atomic mass is 16.5. The largest absolute Gasteiger partial charge is 0.423 e. The van der Waals surface area contributed by atoms with E-state index in [2.05, 4.69) is 9.88 Å². The zero-order chi connectivity index (χ0) is 15.6. The number of carbonyl (C=O) groups is 1. The first-order valence-corrected chi connectivity index (χ1v) is 8.28. The highest BCUT2D eigenvalue weighted by Crippen LogP contribution is 2.27. The lowest BCUT2D eigenvalue weighted by Gasteiger charge is -2.35. The number of fused-ring (bicyclic) bond motifs is 1. The summed E-state index contributed by atoms with van der Waals surface area (Å²) in [5.41, 5.74) is 1.66. The van der Waals surface area contributed by atoms with E-state index in [-0.39, 0.29) is 11.8 Å². The van der Waals surface area contributed by atoms with Gasteiger partial charge in [0.2, 0.25) is 5.91 Å².